The van der Waals surface area contributed by atoms with E-state index in [2.05, 4.69) is 15.3 Å². The summed E-state index contributed by atoms with van der Waals surface area (Å²) in [6, 6.07) is 5.28. The van der Waals surface area contributed by atoms with E-state index in [1.165, 1.54) is 20.0 Å². The molecule has 0 aliphatic rings. The minimum Gasteiger partial charge on any atom is -0.396 e. The average Bonchev–Trinajstić information content (AvgIpc) is 2.47. The summed E-state index contributed by atoms with van der Waals surface area (Å²) in [6.07, 6.45) is 3.78. The second-order valence-corrected chi connectivity index (χ2v) is 6.40. The highest BCUT2D eigenvalue weighted by molar-refractivity contribution is 6.29. The number of hydrogen-bond donors (Lipinski definition) is 2. The van der Waals surface area contributed by atoms with Gasteiger partial charge in [-0.25, -0.2) is 9.37 Å². The van der Waals surface area contributed by atoms with Crippen molar-refractivity contribution in [1.82, 2.24) is 9.97 Å². The van der Waals surface area contributed by atoms with E-state index in [0.717, 1.165) is 11.3 Å². The van der Waals surface area contributed by atoms with Gasteiger partial charge in [0.15, 0.2) is 0 Å². The summed E-state index contributed by atoms with van der Waals surface area (Å²) in [7, 11) is 0. The Labute approximate surface area is 140 Å². The maximum Gasteiger partial charge on any atom is 0.131 e. The highest BCUT2D eigenvalue weighted by Crippen LogP contribution is 2.30. The zero-order chi connectivity index (χ0) is 17.0. The van der Waals surface area contributed by atoms with Crippen LogP contribution in [0.25, 0.3) is 11.3 Å². The first-order valence-corrected chi connectivity index (χ1v) is 7.88. The maximum atomic E-state index is 13.9. The van der Waals surface area contributed by atoms with Crippen LogP contribution in [0, 0.1) is 0 Å². The molecule has 0 aliphatic carbocycles. The molecule has 124 valence electrons. The van der Waals surface area contributed by atoms with Crippen LogP contribution >= 0.6 is 11.6 Å². The van der Waals surface area contributed by atoms with Gasteiger partial charge in [-0.2, -0.15) is 0 Å². The summed E-state index contributed by atoms with van der Waals surface area (Å²) in [6.45, 7) is 5.06. The van der Waals surface area contributed by atoms with Gasteiger partial charge in [-0.3, -0.25) is 4.98 Å². The molecular weight excluding hydrogens is 317 g/mol. The maximum absolute atomic E-state index is 13.9. The predicted molar refractivity (Wildman–Crippen MR) is 91.4 cm³/mol. The number of pyridine rings is 2. The minimum atomic E-state index is -1.43. The van der Waals surface area contributed by atoms with Gasteiger partial charge in [-0.1, -0.05) is 17.7 Å². The molecule has 0 spiro atoms. The Morgan fingerprint density at radius 2 is 2.04 bits per heavy atom. The molecular formula is C17H21ClFN3O. The van der Waals surface area contributed by atoms with E-state index in [0.29, 0.717) is 22.8 Å². The second-order valence-electron chi connectivity index (χ2n) is 6.01. The molecule has 2 heterocycles. The molecule has 0 bridgehead atoms. The largest absolute Gasteiger partial charge is 0.396 e. The van der Waals surface area contributed by atoms with Crippen LogP contribution in [0.4, 0.5) is 10.1 Å². The average molecular weight is 338 g/mol. The van der Waals surface area contributed by atoms with Gasteiger partial charge in [-0.05, 0) is 39.3 Å². The molecule has 2 N–H and O–H groups in total. The Morgan fingerprint density at radius 1 is 1.30 bits per heavy atom. The normalized spacial score (nSPS) is 13.0. The predicted octanol–water partition coefficient (Wildman–Crippen LogP) is 4.18. The molecule has 0 aliphatic heterocycles. The van der Waals surface area contributed by atoms with Crippen molar-refractivity contribution in [1.29, 1.82) is 0 Å². The summed E-state index contributed by atoms with van der Waals surface area (Å²) in [5.41, 5.74) is 1.33. The molecule has 23 heavy (non-hydrogen) atoms. The number of anilines is 1. The summed E-state index contributed by atoms with van der Waals surface area (Å²) < 4.78 is 13.9. The lowest BCUT2D eigenvalue weighted by Gasteiger charge is -2.18. The van der Waals surface area contributed by atoms with Crippen molar-refractivity contribution in [2.75, 3.05) is 11.9 Å². The molecule has 2 rings (SSSR count). The van der Waals surface area contributed by atoms with E-state index in [-0.39, 0.29) is 12.6 Å². The smallest absolute Gasteiger partial charge is 0.131 e. The number of nitrogens with zero attached hydrogens (tertiary/aromatic N) is 2. The molecule has 4 nitrogen and oxygen atoms in total. The number of aromatic nitrogens is 2. The van der Waals surface area contributed by atoms with Crippen LogP contribution < -0.4 is 5.32 Å². The van der Waals surface area contributed by atoms with Gasteiger partial charge in [0.25, 0.3) is 0 Å². The first-order valence-electron chi connectivity index (χ1n) is 7.50. The van der Waals surface area contributed by atoms with E-state index < -0.39 is 5.67 Å². The zero-order valence-corrected chi connectivity index (χ0v) is 14.2. The molecule has 0 aromatic carbocycles. The number of hydrogen-bond acceptors (Lipinski definition) is 4. The third-order valence-corrected chi connectivity index (χ3v) is 3.77. The zero-order valence-electron chi connectivity index (χ0n) is 13.5. The van der Waals surface area contributed by atoms with Crippen LogP contribution in [0.3, 0.4) is 0 Å². The van der Waals surface area contributed by atoms with Crippen molar-refractivity contribution in [3.05, 3.63) is 41.3 Å². The van der Waals surface area contributed by atoms with Crippen molar-refractivity contribution in [3.63, 3.8) is 0 Å². The number of alkyl halides is 1. The van der Waals surface area contributed by atoms with Crippen molar-refractivity contribution in [3.8, 4) is 11.3 Å². The fraction of sp³-hybridized carbons (Fsp3) is 0.412. The molecule has 0 saturated carbocycles. The van der Waals surface area contributed by atoms with Crippen molar-refractivity contribution in [2.45, 2.75) is 38.9 Å². The van der Waals surface area contributed by atoms with Gasteiger partial charge in [0.2, 0.25) is 0 Å². The molecule has 0 fully saturated rings. The summed E-state index contributed by atoms with van der Waals surface area (Å²) in [5.74, 6) is 0. The van der Waals surface area contributed by atoms with Gasteiger partial charge in [0.05, 0.1) is 5.69 Å². The topological polar surface area (TPSA) is 58.0 Å². The highest BCUT2D eigenvalue weighted by Gasteiger charge is 2.19. The van der Waals surface area contributed by atoms with Gasteiger partial charge in [0.1, 0.15) is 10.8 Å². The SMILES string of the molecule is C[C@@H](CCO)Nc1cc(Cl)ncc1-c1ccc(C(C)(C)F)cn1. The molecule has 0 radical (unpaired) electrons. The van der Waals surface area contributed by atoms with Crippen LogP contribution in [0.2, 0.25) is 5.15 Å². The monoisotopic (exact) mass is 337 g/mol. The van der Waals surface area contributed by atoms with Gasteiger partial charge < -0.3 is 10.4 Å². The summed E-state index contributed by atoms with van der Waals surface area (Å²) in [4.78, 5) is 8.45. The number of aliphatic hydroxyl groups excluding tert-OH is 1. The van der Waals surface area contributed by atoms with Crippen molar-refractivity contribution in [2.24, 2.45) is 0 Å². The first kappa shape index (κ1) is 17.6. The highest BCUT2D eigenvalue weighted by atomic mass is 35.5. The number of halogens is 2. The van der Waals surface area contributed by atoms with Gasteiger partial charge >= 0.3 is 0 Å². The molecule has 1 atom stereocenters. The van der Waals surface area contributed by atoms with Crippen LogP contribution in [0.15, 0.2) is 30.6 Å². The Bertz CT molecular complexity index is 656. The van der Waals surface area contributed by atoms with Crippen LogP contribution in [-0.4, -0.2) is 27.7 Å². The second kappa shape index (κ2) is 7.23. The Kier molecular flexibility index (Phi) is 5.55. The first-order chi connectivity index (χ1) is 10.8. The summed E-state index contributed by atoms with van der Waals surface area (Å²) >= 11 is 5.98. The fourth-order valence-electron chi connectivity index (χ4n) is 2.19. The van der Waals surface area contributed by atoms with Crippen molar-refractivity contribution < 1.29 is 9.50 Å². The number of nitrogens with one attached hydrogen (secondary N) is 1. The van der Waals surface area contributed by atoms with E-state index in [9.17, 15) is 4.39 Å². The number of rotatable bonds is 6. The molecule has 0 unspecified atom stereocenters. The molecule has 2 aromatic heterocycles. The van der Waals surface area contributed by atoms with Gasteiger partial charge in [0, 0.05) is 41.9 Å². The lowest BCUT2D eigenvalue weighted by atomic mass is 10.0. The lowest BCUT2D eigenvalue weighted by Crippen LogP contribution is -2.17. The van der Waals surface area contributed by atoms with Crippen LogP contribution in [-0.2, 0) is 5.67 Å². The van der Waals surface area contributed by atoms with E-state index >= 15 is 0 Å². The van der Waals surface area contributed by atoms with E-state index in [4.69, 9.17) is 16.7 Å². The summed E-state index contributed by atoms with van der Waals surface area (Å²) in [5, 5.41) is 12.7. The molecule has 0 amide bonds. The van der Waals surface area contributed by atoms with E-state index in [1.54, 1.807) is 24.4 Å². The van der Waals surface area contributed by atoms with Gasteiger partial charge in [-0.15, -0.1) is 0 Å². The third-order valence-electron chi connectivity index (χ3n) is 3.56. The quantitative estimate of drug-likeness (QED) is 0.776. The molecule has 0 saturated heterocycles. The van der Waals surface area contributed by atoms with E-state index in [1.807, 2.05) is 6.92 Å². The fourth-order valence-corrected chi connectivity index (χ4v) is 2.35. The van der Waals surface area contributed by atoms with Crippen molar-refractivity contribution >= 4 is 17.3 Å². The number of aliphatic hydroxyl groups is 1. The Hall–Kier alpha value is -1.72. The lowest BCUT2D eigenvalue weighted by molar-refractivity contribution is 0.221. The minimum absolute atomic E-state index is 0.0706. The third kappa shape index (κ3) is 4.62. The Morgan fingerprint density at radius 3 is 2.61 bits per heavy atom. The van der Waals surface area contributed by atoms with Crippen LogP contribution in [0.5, 0.6) is 0 Å². The molecule has 6 heteroatoms. The molecule has 2 aromatic rings. The standard InChI is InChI=1S/C17H21ClFN3O/c1-11(6-7-23)22-15-8-16(18)21-10-13(15)14-5-4-12(9-20-14)17(2,3)19/h4-5,8-11,23H,6-7H2,1-3H3,(H,21,22)/t11-/m0/s1. The Balaban J connectivity index is 2.35. The van der Waals surface area contributed by atoms with Crippen LogP contribution in [0.1, 0.15) is 32.8 Å².